The van der Waals surface area contributed by atoms with Crippen LogP contribution in [0.5, 0.6) is 0 Å². The minimum Gasteiger partial charge on any atom is -0.459 e. The second-order valence-electron chi connectivity index (χ2n) is 7.17. The summed E-state index contributed by atoms with van der Waals surface area (Å²) in [7, 11) is 0. The highest BCUT2D eigenvalue weighted by Crippen LogP contribution is 2.24. The summed E-state index contributed by atoms with van der Waals surface area (Å²) in [5.74, 6) is -0.457. The molecule has 0 aliphatic rings. The maximum Gasteiger partial charge on any atom is 0.291 e. The van der Waals surface area contributed by atoms with Crippen molar-refractivity contribution in [2.75, 3.05) is 13.1 Å². The number of carbonyl (C=O) groups excluding carboxylic acids is 2. The summed E-state index contributed by atoms with van der Waals surface area (Å²) in [5, 5.41) is 3.82. The maximum absolute atomic E-state index is 13.4. The molecule has 6 heteroatoms. The molecule has 0 atom stereocenters. The van der Waals surface area contributed by atoms with E-state index in [0.717, 1.165) is 35.9 Å². The van der Waals surface area contributed by atoms with Crippen LogP contribution in [-0.4, -0.2) is 34.4 Å². The number of fused-ring (bicyclic) bond motifs is 1. The number of aromatic nitrogens is 1. The van der Waals surface area contributed by atoms with Gasteiger partial charge < -0.3 is 19.2 Å². The Balaban J connectivity index is 2.04. The highest BCUT2D eigenvalue weighted by molar-refractivity contribution is 6.05. The fourth-order valence-electron chi connectivity index (χ4n) is 3.58. The van der Waals surface area contributed by atoms with E-state index in [-0.39, 0.29) is 17.4 Å². The number of furan rings is 1. The number of rotatable bonds is 9. The van der Waals surface area contributed by atoms with Gasteiger partial charge in [-0.15, -0.1) is 0 Å². The molecule has 0 spiro atoms. The number of nitrogens with one attached hydrogen (secondary N) is 1. The van der Waals surface area contributed by atoms with E-state index in [4.69, 9.17) is 4.42 Å². The van der Waals surface area contributed by atoms with Crippen molar-refractivity contribution in [1.82, 2.24) is 14.8 Å². The lowest BCUT2D eigenvalue weighted by molar-refractivity contribution is -0.127. The second kappa shape index (κ2) is 9.96. The van der Waals surface area contributed by atoms with Crippen LogP contribution in [-0.2, 0) is 11.3 Å². The summed E-state index contributed by atoms with van der Waals surface area (Å²) >= 11 is 0. The number of para-hydroxylation sites is 1. The fraction of sp³-hybridized carbons (Fsp3) is 0.333. The summed E-state index contributed by atoms with van der Waals surface area (Å²) in [6, 6.07) is 11.3. The van der Waals surface area contributed by atoms with Crippen molar-refractivity contribution in [1.29, 1.82) is 0 Å². The molecular weight excluding hydrogens is 378 g/mol. The Labute approximate surface area is 177 Å². The van der Waals surface area contributed by atoms with E-state index in [1.165, 1.54) is 6.26 Å². The van der Waals surface area contributed by atoms with Gasteiger partial charge in [0.25, 0.3) is 11.8 Å². The van der Waals surface area contributed by atoms with Crippen molar-refractivity contribution in [3.63, 3.8) is 0 Å². The van der Waals surface area contributed by atoms with Gasteiger partial charge in [-0.1, -0.05) is 32.0 Å². The number of hydrogen-bond donors (Lipinski definition) is 1. The Morgan fingerprint density at radius 1 is 1.07 bits per heavy atom. The molecule has 158 valence electrons. The van der Waals surface area contributed by atoms with Crippen LogP contribution in [0, 0.1) is 0 Å². The zero-order valence-electron chi connectivity index (χ0n) is 17.9. The Morgan fingerprint density at radius 3 is 2.43 bits per heavy atom. The van der Waals surface area contributed by atoms with Crippen molar-refractivity contribution >= 4 is 28.8 Å². The molecule has 1 N–H and O–H groups in total. The highest BCUT2D eigenvalue weighted by atomic mass is 16.3. The molecule has 30 heavy (non-hydrogen) atoms. The third kappa shape index (κ3) is 4.64. The molecule has 0 saturated carbocycles. The SMILES string of the molecule is CCCN(CCC)C(=O)C(=Cc1cn(CC)c2ccccc12)NC(=O)c1ccco1. The Bertz CT molecular complexity index is 1030. The molecule has 0 aliphatic heterocycles. The third-order valence-corrected chi connectivity index (χ3v) is 4.96. The van der Waals surface area contributed by atoms with Crippen LogP contribution in [0.4, 0.5) is 0 Å². The maximum atomic E-state index is 13.4. The van der Waals surface area contributed by atoms with Crippen molar-refractivity contribution < 1.29 is 14.0 Å². The van der Waals surface area contributed by atoms with Crippen molar-refractivity contribution in [3.05, 3.63) is 65.9 Å². The molecule has 0 fully saturated rings. The normalized spacial score (nSPS) is 11.6. The average molecular weight is 408 g/mol. The first kappa shape index (κ1) is 21.4. The molecule has 0 unspecified atom stereocenters. The van der Waals surface area contributed by atoms with Crippen LogP contribution >= 0.6 is 0 Å². The first-order valence-corrected chi connectivity index (χ1v) is 10.5. The Hall–Kier alpha value is -3.28. The minimum absolute atomic E-state index is 0.169. The van der Waals surface area contributed by atoms with Crippen LogP contribution in [0.3, 0.4) is 0 Å². The van der Waals surface area contributed by atoms with Crippen molar-refractivity contribution in [3.8, 4) is 0 Å². The van der Waals surface area contributed by atoms with Crippen LogP contribution in [0.1, 0.15) is 49.7 Å². The van der Waals surface area contributed by atoms with Gasteiger partial charge >= 0.3 is 0 Å². The summed E-state index contributed by atoms with van der Waals surface area (Å²) in [6.07, 6.45) is 6.92. The fourth-order valence-corrected chi connectivity index (χ4v) is 3.58. The third-order valence-electron chi connectivity index (χ3n) is 4.96. The summed E-state index contributed by atoms with van der Waals surface area (Å²) in [5.41, 5.74) is 2.23. The van der Waals surface area contributed by atoms with Gasteiger partial charge in [0.15, 0.2) is 5.76 Å². The molecular formula is C24H29N3O3. The zero-order chi connectivity index (χ0) is 21.5. The second-order valence-corrected chi connectivity index (χ2v) is 7.17. The number of hydrogen-bond acceptors (Lipinski definition) is 3. The molecule has 0 radical (unpaired) electrons. The van der Waals surface area contributed by atoms with E-state index in [9.17, 15) is 9.59 Å². The zero-order valence-corrected chi connectivity index (χ0v) is 17.9. The first-order chi connectivity index (χ1) is 14.6. The molecule has 1 aromatic carbocycles. The topological polar surface area (TPSA) is 67.5 Å². The Morgan fingerprint density at radius 2 is 1.80 bits per heavy atom. The first-order valence-electron chi connectivity index (χ1n) is 10.5. The van der Waals surface area contributed by atoms with E-state index in [1.54, 1.807) is 23.1 Å². The van der Waals surface area contributed by atoms with E-state index in [0.29, 0.717) is 13.1 Å². The van der Waals surface area contributed by atoms with Gasteiger partial charge in [-0.2, -0.15) is 0 Å². The molecule has 2 heterocycles. The van der Waals surface area contributed by atoms with E-state index in [1.807, 2.05) is 38.2 Å². The summed E-state index contributed by atoms with van der Waals surface area (Å²) < 4.78 is 7.34. The van der Waals surface area contributed by atoms with E-state index >= 15 is 0 Å². The number of nitrogens with zero attached hydrogens (tertiary/aromatic N) is 2. The van der Waals surface area contributed by atoms with E-state index < -0.39 is 5.91 Å². The van der Waals surface area contributed by atoms with Gasteiger partial charge in [0, 0.05) is 42.3 Å². The van der Waals surface area contributed by atoms with Gasteiger partial charge in [0.05, 0.1) is 6.26 Å². The van der Waals surface area contributed by atoms with Crippen molar-refractivity contribution in [2.45, 2.75) is 40.2 Å². The van der Waals surface area contributed by atoms with Gasteiger partial charge in [-0.25, -0.2) is 0 Å². The minimum atomic E-state index is -0.438. The Kier molecular flexibility index (Phi) is 7.12. The summed E-state index contributed by atoms with van der Waals surface area (Å²) in [6.45, 7) is 8.24. The van der Waals surface area contributed by atoms with Crippen LogP contribution in [0.2, 0.25) is 0 Å². The van der Waals surface area contributed by atoms with Crippen LogP contribution < -0.4 is 5.32 Å². The van der Waals surface area contributed by atoms with Gasteiger partial charge in [-0.05, 0) is 44.0 Å². The molecule has 0 saturated heterocycles. The van der Waals surface area contributed by atoms with Crippen molar-refractivity contribution in [2.24, 2.45) is 0 Å². The molecule has 3 rings (SSSR count). The number of benzene rings is 1. The lowest BCUT2D eigenvalue weighted by atomic mass is 10.1. The average Bonchev–Trinajstić information content (AvgIpc) is 3.41. The molecule has 3 aromatic rings. The quantitative estimate of drug-likeness (QED) is 0.524. The number of amides is 2. The van der Waals surface area contributed by atoms with Gasteiger partial charge in [0.1, 0.15) is 5.70 Å². The summed E-state index contributed by atoms with van der Waals surface area (Å²) in [4.78, 5) is 27.8. The predicted octanol–water partition coefficient (Wildman–Crippen LogP) is 4.67. The van der Waals surface area contributed by atoms with Crippen LogP contribution in [0.15, 0.2) is 59.0 Å². The van der Waals surface area contributed by atoms with Gasteiger partial charge in [-0.3, -0.25) is 9.59 Å². The smallest absolute Gasteiger partial charge is 0.291 e. The number of carbonyl (C=O) groups is 2. The lowest BCUT2D eigenvalue weighted by Gasteiger charge is -2.23. The molecule has 0 bridgehead atoms. The predicted molar refractivity (Wildman–Crippen MR) is 119 cm³/mol. The van der Waals surface area contributed by atoms with E-state index in [2.05, 4.69) is 22.9 Å². The molecule has 0 aliphatic carbocycles. The standard InChI is InChI=1S/C24H29N3O3/c1-4-13-27(14-5-2)24(29)20(25-23(28)22-12-9-15-30-22)16-18-17-26(6-3)21-11-8-7-10-19(18)21/h7-12,15-17H,4-6,13-14H2,1-3H3,(H,25,28). The molecule has 2 amide bonds. The largest absolute Gasteiger partial charge is 0.459 e. The highest BCUT2D eigenvalue weighted by Gasteiger charge is 2.21. The monoisotopic (exact) mass is 407 g/mol. The molecule has 6 nitrogen and oxygen atoms in total. The van der Waals surface area contributed by atoms with Crippen LogP contribution in [0.25, 0.3) is 17.0 Å². The lowest BCUT2D eigenvalue weighted by Crippen LogP contribution is -2.39. The van der Waals surface area contributed by atoms with Gasteiger partial charge in [0.2, 0.25) is 0 Å². The molecule has 2 aromatic heterocycles. The number of aryl methyl sites for hydroxylation is 1.